The minimum atomic E-state index is -0.457. The Bertz CT molecular complexity index is 659. The lowest BCUT2D eigenvalue weighted by Gasteiger charge is -2.17. The van der Waals surface area contributed by atoms with Crippen LogP contribution < -0.4 is 5.32 Å². The number of ether oxygens (including phenoxy) is 1. The van der Waals surface area contributed by atoms with E-state index in [0.717, 1.165) is 5.56 Å². The molecule has 6 heteroatoms. The van der Waals surface area contributed by atoms with Gasteiger partial charge in [0.05, 0.1) is 18.2 Å². The third kappa shape index (κ3) is 5.71. The first-order valence-corrected chi connectivity index (χ1v) is 7.50. The van der Waals surface area contributed by atoms with Crippen molar-refractivity contribution >= 4 is 23.5 Å². The molecule has 0 fully saturated rings. The molecule has 0 radical (unpaired) electrons. The molecule has 23 heavy (non-hydrogen) atoms. The summed E-state index contributed by atoms with van der Waals surface area (Å²) in [6.07, 6.45) is 1.67. The molecule has 2 rings (SSSR count). The van der Waals surface area contributed by atoms with Crippen LogP contribution in [0.1, 0.15) is 30.6 Å². The third-order valence-electron chi connectivity index (χ3n) is 3.13. The minimum Gasteiger partial charge on any atom is -0.459 e. The lowest BCUT2D eigenvalue weighted by molar-refractivity contribution is -0.145. The van der Waals surface area contributed by atoms with Crippen LogP contribution in [0.15, 0.2) is 48.7 Å². The number of carbonyl (C=O) groups is 2. The van der Waals surface area contributed by atoms with Crippen LogP contribution in [0.3, 0.4) is 0 Å². The Morgan fingerprint density at radius 2 is 1.96 bits per heavy atom. The highest BCUT2D eigenvalue weighted by atomic mass is 35.5. The molecule has 0 bridgehead atoms. The van der Waals surface area contributed by atoms with Gasteiger partial charge in [-0.15, -0.1) is 0 Å². The van der Waals surface area contributed by atoms with Gasteiger partial charge in [-0.25, -0.2) is 0 Å². The summed E-state index contributed by atoms with van der Waals surface area (Å²) in [7, 11) is 0. The summed E-state index contributed by atoms with van der Waals surface area (Å²) in [4.78, 5) is 27.5. The van der Waals surface area contributed by atoms with Crippen LogP contribution in [0.25, 0.3) is 0 Å². The van der Waals surface area contributed by atoms with E-state index in [-0.39, 0.29) is 18.9 Å². The fourth-order valence-corrected chi connectivity index (χ4v) is 2.18. The summed E-state index contributed by atoms with van der Waals surface area (Å²) < 4.78 is 5.21. The predicted octanol–water partition coefficient (Wildman–Crippen LogP) is 3.05. The van der Waals surface area contributed by atoms with Gasteiger partial charge in [0.2, 0.25) is 5.91 Å². The quantitative estimate of drug-likeness (QED) is 0.825. The monoisotopic (exact) mass is 332 g/mol. The second-order valence-corrected chi connectivity index (χ2v) is 5.43. The van der Waals surface area contributed by atoms with Crippen molar-refractivity contribution in [3.05, 3.63) is 64.9 Å². The standard InChI is InChI=1S/C17H17ClN2O3/c1-12(21)20-16(13-5-7-14(18)8-6-13)10-17(22)23-11-15-4-2-3-9-19-15/h2-9,16H,10-11H2,1H3,(H,20,21). The van der Waals surface area contributed by atoms with E-state index in [1.54, 1.807) is 42.6 Å². The SMILES string of the molecule is CC(=O)NC(CC(=O)OCc1ccccn1)c1ccc(Cl)cc1. The van der Waals surface area contributed by atoms with Gasteiger partial charge in [0.25, 0.3) is 0 Å². The first-order chi connectivity index (χ1) is 11.0. The molecule has 2 aromatic rings. The number of nitrogens with zero attached hydrogens (tertiary/aromatic N) is 1. The van der Waals surface area contributed by atoms with Crippen LogP contribution in [0, 0.1) is 0 Å². The van der Waals surface area contributed by atoms with Gasteiger partial charge in [-0.2, -0.15) is 0 Å². The number of amides is 1. The molecule has 0 saturated carbocycles. The number of rotatable bonds is 6. The maximum absolute atomic E-state index is 12.0. The predicted molar refractivity (Wildman–Crippen MR) is 86.7 cm³/mol. The number of halogens is 1. The van der Waals surface area contributed by atoms with E-state index >= 15 is 0 Å². The van der Waals surface area contributed by atoms with Gasteiger partial charge in [-0.1, -0.05) is 29.8 Å². The number of carbonyl (C=O) groups excluding carboxylic acids is 2. The van der Waals surface area contributed by atoms with E-state index in [2.05, 4.69) is 10.3 Å². The fourth-order valence-electron chi connectivity index (χ4n) is 2.06. The van der Waals surface area contributed by atoms with E-state index in [4.69, 9.17) is 16.3 Å². The average molecular weight is 333 g/mol. The Labute approximate surface area is 139 Å². The number of aromatic nitrogens is 1. The van der Waals surface area contributed by atoms with Crippen molar-refractivity contribution in [1.82, 2.24) is 10.3 Å². The molecule has 0 aliphatic rings. The Morgan fingerprint density at radius 3 is 2.57 bits per heavy atom. The van der Waals surface area contributed by atoms with Crippen molar-refractivity contribution in [2.24, 2.45) is 0 Å². The number of benzene rings is 1. The lowest BCUT2D eigenvalue weighted by Crippen LogP contribution is -2.28. The van der Waals surface area contributed by atoms with Gasteiger partial charge in [0.1, 0.15) is 6.61 Å². The van der Waals surface area contributed by atoms with Crippen LogP contribution in [0.5, 0.6) is 0 Å². The molecule has 1 aromatic carbocycles. The number of hydrogen-bond donors (Lipinski definition) is 1. The zero-order valence-corrected chi connectivity index (χ0v) is 13.4. The molecule has 5 nitrogen and oxygen atoms in total. The van der Waals surface area contributed by atoms with Gasteiger partial charge in [0, 0.05) is 18.1 Å². The normalized spacial score (nSPS) is 11.6. The molecule has 0 spiro atoms. The number of nitrogens with one attached hydrogen (secondary N) is 1. The smallest absolute Gasteiger partial charge is 0.308 e. The molecule has 0 aliphatic carbocycles. The van der Waals surface area contributed by atoms with Crippen LogP contribution in [0.4, 0.5) is 0 Å². The van der Waals surface area contributed by atoms with Gasteiger partial charge in [-0.3, -0.25) is 14.6 Å². The molecular weight excluding hydrogens is 316 g/mol. The zero-order chi connectivity index (χ0) is 16.7. The van der Waals surface area contributed by atoms with Crippen molar-refractivity contribution in [2.75, 3.05) is 0 Å². The largest absolute Gasteiger partial charge is 0.459 e. The number of esters is 1. The summed E-state index contributed by atoms with van der Waals surface area (Å²) in [5.41, 5.74) is 1.46. The third-order valence-corrected chi connectivity index (χ3v) is 3.38. The molecule has 1 heterocycles. The maximum atomic E-state index is 12.0. The van der Waals surface area contributed by atoms with E-state index in [9.17, 15) is 9.59 Å². The topological polar surface area (TPSA) is 68.3 Å². The Balaban J connectivity index is 1.98. The molecular formula is C17H17ClN2O3. The Kier molecular flexibility index (Phi) is 6.11. The molecule has 0 aliphatic heterocycles. The molecule has 1 N–H and O–H groups in total. The molecule has 1 amide bonds. The lowest BCUT2D eigenvalue weighted by atomic mass is 10.0. The van der Waals surface area contributed by atoms with Crippen LogP contribution in [0.2, 0.25) is 5.02 Å². The van der Waals surface area contributed by atoms with Gasteiger partial charge < -0.3 is 10.1 Å². The van der Waals surface area contributed by atoms with E-state index in [1.807, 2.05) is 6.07 Å². The first kappa shape index (κ1) is 17.0. The summed E-state index contributed by atoms with van der Waals surface area (Å²) in [6, 6.07) is 11.9. The van der Waals surface area contributed by atoms with Crippen molar-refractivity contribution in [3.8, 4) is 0 Å². The second-order valence-electron chi connectivity index (χ2n) is 4.99. The fraction of sp³-hybridized carbons (Fsp3) is 0.235. The highest BCUT2D eigenvalue weighted by molar-refractivity contribution is 6.30. The molecule has 1 aromatic heterocycles. The minimum absolute atomic E-state index is 0.0358. The van der Waals surface area contributed by atoms with E-state index in [0.29, 0.717) is 10.7 Å². The van der Waals surface area contributed by atoms with Crippen molar-refractivity contribution in [2.45, 2.75) is 26.0 Å². The van der Waals surface area contributed by atoms with Crippen LogP contribution in [-0.4, -0.2) is 16.9 Å². The molecule has 1 unspecified atom stereocenters. The van der Waals surface area contributed by atoms with E-state index in [1.165, 1.54) is 6.92 Å². The summed E-state index contributed by atoms with van der Waals surface area (Å²) >= 11 is 5.86. The summed E-state index contributed by atoms with van der Waals surface area (Å²) in [5, 5.41) is 3.34. The van der Waals surface area contributed by atoms with Crippen LogP contribution in [-0.2, 0) is 20.9 Å². The molecule has 1 atom stereocenters. The van der Waals surface area contributed by atoms with Gasteiger partial charge in [-0.05, 0) is 29.8 Å². The summed E-state index contributed by atoms with van der Waals surface area (Å²) in [6.45, 7) is 1.51. The second kappa shape index (κ2) is 8.29. The average Bonchev–Trinajstić information content (AvgIpc) is 2.53. The Morgan fingerprint density at radius 1 is 1.22 bits per heavy atom. The van der Waals surface area contributed by atoms with E-state index < -0.39 is 12.0 Å². The van der Waals surface area contributed by atoms with Crippen molar-refractivity contribution < 1.29 is 14.3 Å². The molecule has 120 valence electrons. The first-order valence-electron chi connectivity index (χ1n) is 7.12. The zero-order valence-electron chi connectivity index (χ0n) is 12.7. The number of hydrogen-bond acceptors (Lipinski definition) is 4. The summed E-state index contributed by atoms with van der Waals surface area (Å²) in [5.74, 6) is -0.633. The van der Waals surface area contributed by atoms with Gasteiger partial charge in [0.15, 0.2) is 0 Å². The maximum Gasteiger partial charge on any atom is 0.308 e. The van der Waals surface area contributed by atoms with Gasteiger partial charge >= 0.3 is 5.97 Å². The Hall–Kier alpha value is -2.40. The van der Waals surface area contributed by atoms with Crippen molar-refractivity contribution in [1.29, 1.82) is 0 Å². The number of pyridine rings is 1. The molecule has 0 saturated heterocycles. The highest BCUT2D eigenvalue weighted by Crippen LogP contribution is 2.20. The highest BCUT2D eigenvalue weighted by Gasteiger charge is 2.18. The van der Waals surface area contributed by atoms with Crippen molar-refractivity contribution in [3.63, 3.8) is 0 Å². The van der Waals surface area contributed by atoms with Crippen LogP contribution >= 0.6 is 11.6 Å².